The van der Waals surface area contributed by atoms with Gasteiger partial charge in [0.15, 0.2) is 17.3 Å². The SMILES string of the molecule is CCOc1cc(CNn2c(-c3ccccc3)n[nH]c2=S)ccc1OCc1ccccc1C. The zero-order chi connectivity index (χ0) is 22.3. The highest BCUT2D eigenvalue weighted by Crippen LogP contribution is 2.30. The van der Waals surface area contributed by atoms with Gasteiger partial charge in [-0.1, -0.05) is 60.7 Å². The number of hydrogen-bond donors (Lipinski definition) is 2. The summed E-state index contributed by atoms with van der Waals surface area (Å²) in [4.78, 5) is 0. The fourth-order valence-corrected chi connectivity index (χ4v) is 3.57. The van der Waals surface area contributed by atoms with Crippen molar-refractivity contribution in [2.24, 2.45) is 0 Å². The van der Waals surface area contributed by atoms with Crippen LogP contribution in [0.1, 0.15) is 23.6 Å². The quantitative estimate of drug-likeness (QED) is 0.326. The minimum atomic E-state index is 0.495. The molecule has 0 spiro atoms. The van der Waals surface area contributed by atoms with Crippen LogP contribution in [0.5, 0.6) is 11.5 Å². The Morgan fingerprint density at radius 3 is 2.53 bits per heavy atom. The van der Waals surface area contributed by atoms with Crippen molar-refractivity contribution < 1.29 is 9.47 Å². The monoisotopic (exact) mass is 446 g/mol. The van der Waals surface area contributed by atoms with Gasteiger partial charge in [0.2, 0.25) is 4.77 Å². The first kappa shape index (κ1) is 21.6. The minimum Gasteiger partial charge on any atom is -0.490 e. The number of nitrogens with zero attached hydrogens (tertiary/aromatic N) is 2. The fourth-order valence-electron chi connectivity index (χ4n) is 3.37. The molecule has 0 fully saturated rings. The highest BCUT2D eigenvalue weighted by Gasteiger charge is 2.11. The molecule has 6 nitrogen and oxygen atoms in total. The third-order valence-electron chi connectivity index (χ3n) is 5.10. The van der Waals surface area contributed by atoms with Gasteiger partial charge in [0.05, 0.1) is 13.2 Å². The Labute approximate surface area is 192 Å². The molecule has 164 valence electrons. The lowest BCUT2D eigenvalue weighted by atomic mass is 10.1. The first-order chi connectivity index (χ1) is 15.7. The molecule has 32 heavy (non-hydrogen) atoms. The molecule has 0 aliphatic rings. The second-order valence-electron chi connectivity index (χ2n) is 7.32. The molecule has 0 aliphatic heterocycles. The number of hydrogen-bond acceptors (Lipinski definition) is 5. The average molecular weight is 447 g/mol. The number of aromatic amines is 1. The molecular weight excluding hydrogens is 420 g/mol. The van der Waals surface area contributed by atoms with E-state index in [1.54, 1.807) is 4.68 Å². The molecule has 0 unspecified atom stereocenters. The number of ether oxygens (including phenoxy) is 2. The number of rotatable bonds is 9. The van der Waals surface area contributed by atoms with Gasteiger partial charge in [-0.3, -0.25) is 0 Å². The molecule has 0 saturated heterocycles. The Bertz CT molecular complexity index is 1230. The first-order valence-electron chi connectivity index (χ1n) is 10.6. The second kappa shape index (κ2) is 10.2. The molecular formula is C25H26N4O2S. The van der Waals surface area contributed by atoms with E-state index in [2.05, 4.69) is 34.7 Å². The summed E-state index contributed by atoms with van der Waals surface area (Å²) in [5, 5.41) is 7.22. The topological polar surface area (TPSA) is 64.1 Å². The highest BCUT2D eigenvalue weighted by atomic mass is 32.1. The minimum absolute atomic E-state index is 0.495. The van der Waals surface area contributed by atoms with Gasteiger partial charge in [-0.05, 0) is 54.9 Å². The Hall–Kier alpha value is -3.58. The molecule has 4 aromatic rings. The van der Waals surface area contributed by atoms with Crippen molar-refractivity contribution in [1.29, 1.82) is 0 Å². The predicted octanol–water partition coefficient (Wildman–Crippen LogP) is 5.64. The Morgan fingerprint density at radius 1 is 0.969 bits per heavy atom. The van der Waals surface area contributed by atoms with Crippen LogP contribution in [0.3, 0.4) is 0 Å². The van der Waals surface area contributed by atoms with Crippen molar-refractivity contribution in [1.82, 2.24) is 14.9 Å². The Morgan fingerprint density at radius 2 is 1.75 bits per heavy atom. The molecule has 3 aromatic carbocycles. The van der Waals surface area contributed by atoms with Crippen molar-refractivity contribution in [2.45, 2.75) is 27.0 Å². The molecule has 4 rings (SSSR count). The summed E-state index contributed by atoms with van der Waals surface area (Å²) in [5.74, 6) is 2.18. The fraction of sp³-hybridized carbons (Fsp3) is 0.200. The maximum Gasteiger partial charge on any atom is 0.214 e. The van der Waals surface area contributed by atoms with Crippen molar-refractivity contribution >= 4 is 12.2 Å². The summed E-state index contributed by atoms with van der Waals surface area (Å²) >= 11 is 5.41. The lowest BCUT2D eigenvalue weighted by Gasteiger charge is -2.15. The van der Waals surface area contributed by atoms with Gasteiger partial charge in [-0.25, -0.2) is 9.77 Å². The zero-order valence-electron chi connectivity index (χ0n) is 18.2. The summed E-state index contributed by atoms with van der Waals surface area (Å²) < 4.78 is 14.2. The van der Waals surface area contributed by atoms with E-state index < -0.39 is 0 Å². The average Bonchev–Trinajstić information content (AvgIpc) is 3.19. The number of aromatic nitrogens is 3. The molecule has 0 saturated carbocycles. The number of H-pyrrole nitrogens is 1. The summed E-state index contributed by atoms with van der Waals surface area (Å²) in [5.41, 5.74) is 7.73. The van der Waals surface area contributed by atoms with Gasteiger partial charge < -0.3 is 14.9 Å². The summed E-state index contributed by atoms with van der Waals surface area (Å²) in [6.07, 6.45) is 0. The third kappa shape index (κ3) is 5.00. The van der Waals surface area contributed by atoms with Crippen LogP contribution < -0.4 is 14.9 Å². The van der Waals surface area contributed by atoms with Crippen molar-refractivity contribution in [2.75, 3.05) is 12.0 Å². The molecule has 0 aliphatic carbocycles. The smallest absolute Gasteiger partial charge is 0.214 e. The van der Waals surface area contributed by atoms with Crippen LogP contribution in [0, 0.1) is 11.7 Å². The summed E-state index contributed by atoms with van der Waals surface area (Å²) in [6, 6.07) is 24.1. The third-order valence-corrected chi connectivity index (χ3v) is 5.37. The van der Waals surface area contributed by atoms with Gasteiger partial charge in [0.25, 0.3) is 0 Å². The van der Waals surface area contributed by atoms with Crippen LogP contribution in [0.4, 0.5) is 0 Å². The van der Waals surface area contributed by atoms with Crippen molar-refractivity contribution in [3.8, 4) is 22.9 Å². The summed E-state index contributed by atoms with van der Waals surface area (Å²) in [6.45, 7) is 5.65. The van der Waals surface area contributed by atoms with Crippen LogP contribution in [0.25, 0.3) is 11.4 Å². The van der Waals surface area contributed by atoms with Crippen LogP contribution >= 0.6 is 12.2 Å². The van der Waals surface area contributed by atoms with Gasteiger partial charge in [0, 0.05) is 5.56 Å². The second-order valence-corrected chi connectivity index (χ2v) is 7.70. The molecule has 2 N–H and O–H groups in total. The maximum atomic E-state index is 6.08. The van der Waals surface area contributed by atoms with E-state index in [1.165, 1.54) is 5.56 Å². The van der Waals surface area contributed by atoms with Crippen LogP contribution in [0.15, 0.2) is 72.8 Å². The van der Waals surface area contributed by atoms with E-state index in [1.807, 2.05) is 67.6 Å². The van der Waals surface area contributed by atoms with Crippen LogP contribution in [0.2, 0.25) is 0 Å². The van der Waals surface area contributed by atoms with Crippen LogP contribution in [-0.4, -0.2) is 21.5 Å². The lowest BCUT2D eigenvalue weighted by molar-refractivity contribution is 0.268. The number of nitrogens with one attached hydrogen (secondary N) is 2. The molecule has 7 heteroatoms. The Kier molecular flexibility index (Phi) is 6.87. The van der Waals surface area contributed by atoms with E-state index in [4.69, 9.17) is 21.7 Å². The van der Waals surface area contributed by atoms with Crippen molar-refractivity contribution in [3.63, 3.8) is 0 Å². The van der Waals surface area contributed by atoms with Crippen molar-refractivity contribution in [3.05, 3.63) is 94.3 Å². The van der Waals surface area contributed by atoms with E-state index in [9.17, 15) is 0 Å². The first-order valence-corrected chi connectivity index (χ1v) is 11.0. The van der Waals surface area contributed by atoms with E-state index in [0.29, 0.717) is 24.5 Å². The molecule has 0 amide bonds. The Balaban J connectivity index is 1.49. The lowest BCUT2D eigenvalue weighted by Crippen LogP contribution is -2.16. The molecule has 0 atom stereocenters. The van der Waals surface area contributed by atoms with Gasteiger partial charge in [0.1, 0.15) is 6.61 Å². The van der Waals surface area contributed by atoms with Gasteiger partial charge in [-0.15, -0.1) is 0 Å². The molecule has 1 heterocycles. The predicted molar refractivity (Wildman–Crippen MR) is 129 cm³/mol. The number of benzene rings is 3. The normalized spacial score (nSPS) is 10.7. The zero-order valence-corrected chi connectivity index (χ0v) is 19.0. The molecule has 0 bridgehead atoms. The van der Waals surface area contributed by atoms with Gasteiger partial charge in [-0.2, -0.15) is 5.10 Å². The molecule has 1 aromatic heterocycles. The van der Waals surface area contributed by atoms with E-state index in [0.717, 1.165) is 34.0 Å². The molecule has 0 radical (unpaired) electrons. The standard InChI is InChI=1S/C25H26N4O2S/c1-3-30-23-15-19(13-14-22(23)31-17-21-12-8-7-9-18(21)2)16-26-29-24(27-28-25(29)32)20-10-5-4-6-11-20/h4-15,26H,3,16-17H2,1-2H3,(H,28,32). The van der Waals surface area contributed by atoms with Gasteiger partial charge >= 0.3 is 0 Å². The number of aryl methyl sites for hydroxylation is 1. The maximum absolute atomic E-state index is 6.08. The summed E-state index contributed by atoms with van der Waals surface area (Å²) in [7, 11) is 0. The highest BCUT2D eigenvalue weighted by molar-refractivity contribution is 7.71. The van der Waals surface area contributed by atoms with E-state index >= 15 is 0 Å². The largest absolute Gasteiger partial charge is 0.490 e. The van der Waals surface area contributed by atoms with E-state index in [-0.39, 0.29) is 0 Å². The van der Waals surface area contributed by atoms with Crippen LogP contribution in [-0.2, 0) is 13.2 Å².